The Morgan fingerprint density at radius 2 is 0.929 bits per heavy atom. The van der Waals surface area contributed by atoms with Crippen LogP contribution < -0.4 is 0 Å². The van der Waals surface area contributed by atoms with Crippen molar-refractivity contribution in [2.75, 3.05) is 10.7 Å². The van der Waals surface area contributed by atoms with Crippen LogP contribution in [0.25, 0.3) is 0 Å². The molecule has 74 valence electrons. The highest BCUT2D eigenvalue weighted by Gasteiger charge is 1.72. The van der Waals surface area contributed by atoms with E-state index in [2.05, 4.69) is 67.4 Å². The summed E-state index contributed by atoms with van der Waals surface area (Å²) in [6.07, 6.45) is 3.11. The van der Waals surface area contributed by atoms with Gasteiger partial charge >= 0.3 is 0 Å². The van der Waals surface area contributed by atoms with Gasteiger partial charge in [0.1, 0.15) is 0 Å². The minimum Gasteiger partial charge on any atom is -0.101 e. The lowest BCUT2D eigenvalue weighted by atomic mass is 10.3. The van der Waals surface area contributed by atoms with E-state index in [-0.39, 0.29) is 0 Å². The number of halogens is 2. The molecule has 2 heteroatoms. The Labute approximate surface area is 103 Å². The highest BCUT2D eigenvalue weighted by Crippen LogP contribution is 1.85. The first-order valence-corrected chi connectivity index (χ1v) is 6.65. The summed E-state index contributed by atoms with van der Waals surface area (Å²) in [6, 6.07) is 0. The molecule has 0 spiro atoms. The fraction of sp³-hybridized carbons (Fsp3) is 0.500. The number of hydrogen-bond acceptors (Lipinski definition) is 0. The molecule has 0 N–H and O–H groups in total. The van der Waals surface area contributed by atoms with Crippen molar-refractivity contribution in [2.45, 2.75) is 25.7 Å². The predicted octanol–water partition coefficient (Wildman–Crippen LogP) is 3.35. The van der Waals surface area contributed by atoms with E-state index in [1.807, 2.05) is 0 Å². The van der Waals surface area contributed by atoms with Gasteiger partial charge in [-0.05, 0) is 0 Å². The van der Waals surface area contributed by atoms with Gasteiger partial charge in [0.15, 0.2) is 0 Å². The maximum atomic E-state index is 3.31. The van der Waals surface area contributed by atoms with E-state index in [1.54, 1.807) is 0 Å². The summed E-state index contributed by atoms with van der Waals surface area (Å²) in [5, 5.41) is 1.87. The monoisotopic (exact) mass is 314 g/mol. The molecule has 0 radical (unpaired) electrons. The van der Waals surface area contributed by atoms with Crippen molar-refractivity contribution in [1.29, 1.82) is 0 Å². The molecule has 0 saturated carbocycles. The van der Waals surface area contributed by atoms with Crippen LogP contribution in [0.15, 0.2) is 0 Å². The van der Waals surface area contributed by atoms with Crippen molar-refractivity contribution in [1.82, 2.24) is 0 Å². The molecule has 0 aromatic heterocycles. The molecule has 0 aromatic rings. The molecule has 0 nitrogen and oxygen atoms in total. The Balaban J connectivity index is 3.47. The van der Waals surface area contributed by atoms with Crippen LogP contribution in [0.4, 0.5) is 0 Å². The second-order valence-electron chi connectivity index (χ2n) is 2.29. The van der Waals surface area contributed by atoms with Gasteiger partial charge in [0.05, 0.1) is 12.8 Å². The zero-order valence-electron chi connectivity index (χ0n) is 8.00. The number of alkyl halides is 2. The third-order valence-electron chi connectivity index (χ3n) is 1.17. The number of rotatable bonds is 2. The lowest BCUT2D eigenvalue weighted by Crippen LogP contribution is -1.68. The first-order valence-electron chi connectivity index (χ1n) is 4.41. The van der Waals surface area contributed by atoms with E-state index in [0.717, 1.165) is 23.5 Å². The molecule has 0 aliphatic rings. The summed E-state index contributed by atoms with van der Waals surface area (Å²) in [4.78, 5) is 0. The van der Waals surface area contributed by atoms with E-state index in [9.17, 15) is 0 Å². The van der Waals surface area contributed by atoms with E-state index < -0.39 is 0 Å². The molecule has 0 saturated heterocycles. The van der Waals surface area contributed by atoms with Crippen molar-refractivity contribution in [3.05, 3.63) is 0 Å². The maximum absolute atomic E-state index is 3.31. The predicted molar refractivity (Wildman–Crippen MR) is 69.4 cm³/mol. The molecular formula is C12H12Br2. The molecule has 0 heterocycles. The molecule has 14 heavy (non-hydrogen) atoms. The third-order valence-corrected chi connectivity index (χ3v) is 1.96. The van der Waals surface area contributed by atoms with Crippen molar-refractivity contribution in [3.63, 3.8) is 0 Å². The van der Waals surface area contributed by atoms with Crippen LogP contribution in [-0.4, -0.2) is 10.7 Å². The van der Waals surface area contributed by atoms with Crippen molar-refractivity contribution >= 4 is 31.9 Å². The normalized spacial score (nSPS) is 7.29. The fourth-order valence-corrected chi connectivity index (χ4v) is 1.01. The SMILES string of the molecule is BrCCC#CCC#CCC#CCCBr. The van der Waals surface area contributed by atoms with E-state index in [0.29, 0.717) is 12.8 Å². The average molecular weight is 316 g/mol. The Kier molecular flexibility index (Phi) is 12.3. The summed E-state index contributed by atoms with van der Waals surface area (Å²) < 4.78 is 0. The highest BCUT2D eigenvalue weighted by atomic mass is 79.9. The molecule has 0 aliphatic heterocycles. The molecular weight excluding hydrogens is 304 g/mol. The van der Waals surface area contributed by atoms with E-state index >= 15 is 0 Å². The lowest BCUT2D eigenvalue weighted by Gasteiger charge is -1.76. The minimum absolute atomic E-state index is 0.660. The Morgan fingerprint density at radius 3 is 1.29 bits per heavy atom. The van der Waals surface area contributed by atoms with Crippen LogP contribution in [0.2, 0.25) is 0 Å². The standard InChI is InChI=1S/C12H12Br2/c13-11-9-7-5-3-1-2-4-6-8-10-12-14/h3-4,9-12H2. The van der Waals surface area contributed by atoms with Gasteiger partial charge in [0, 0.05) is 23.5 Å². The summed E-state index contributed by atoms with van der Waals surface area (Å²) >= 11 is 6.61. The van der Waals surface area contributed by atoms with E-state index in [4.69, 9.17) is 0 Å². The highest BCUT2D eigenvalue weighted by molar-refractivity contribution is 9.09. The smallest absolute Gasteiger partial charge is 0.0702 e. The Hall–Kier alpha value is -0.360. The van der Waals surface area contributed by atoms with Crippen LogP contribution in [-0.2, 0) is 0 Å². The molecule has 0 atom stereocenters. The number of hydrogen-bond donors (Lipinski definition) is 0. The van der Waals surface area contributed by atoms with Gasteiger partial charge in [-0.3, -0.25) is 0 Å². The largest absolute Gasteiger partial charge is 0.101 e. The summed E-state index contributed by atoms with van der Waals surface area (Å²) in [7, 11) is 0. The zero-order chi connectivity index (χ0) is 10.5. The van der Waals surface area contributed by atoms with Gasteiger partial charge in [-0.25, -0.2) is 0 Å². The zero-order valence-corrected chi connectivity index (χ0v) is 11.2. The van der Waals surface area contributed by atoms with E-state index in [1.165, 1.54) is 0 Å². The molecule has 0 fully saturated rings. The second kappa shape index (κ2) is 12.6. The van der Waals surface area contributed by atoms with Gasteiger partial charge in [-0.15, -0.1) is 11.8 Å². The molecule has 0 aromatic carbocycles. The van der Waals surface area contributed by atoms with Crippen LogP contribution in [0.5, 0.6) is 0 Å². The van der Waals surface area contributed by atoms with Gasteiger partial charge in [-0.2, -0.15) is 0 Å². The molecule has 0 amide bonds. The van der Waals surface area contributed by atoms with Crippen LogP contribution in [0, 0.1) is 35.5 Å². The lowest BCUT2D eigenvalue weighted by molar-refractivity contribution is 1.31. The van der Waals surface area contributed by atoms with Gasteiger partial charge in [0.25, 0.3) is 0 Å². The second-order valence-corrected chi connectivity index (χ2v) is 3.88. The summed E-state index contributed by atoms with van der Waals surface area (Å²) in [5.74, 6) is 17.9. The summed E-state index contributed by atoms with van der Waals surface area (Å²) in [5.41, 5.74) is 0. The van der Waals surface area contributed by atoms with Gasteiger partial charge in [0.2, 0.25) is 0 Å². The Bertz CT molecular complexity index is 268. The van der Waals surface area contributed by atoms with Gasteiger partial charge in [-0.1, -0.05) is 55.5 Å². The van der Waals surface area contributed by atoms with Gasteiger partial charge < -0.3 is 0 Å². The van der Waals surface area contributed by atoms with Crippen molar-refractivity contribution < 1.29 is 0 Å². The molecule has 0 bridgehead atoms. The minimum atomic E-state index is 0.660. The van der Waals surface area contributed by atoms with Crippen LogP contribution in [0.1, 0.15) is 25.7 Å². The molecule has 0 unspecified atom stereocenters. The molecule has 0 rings (SSSR count). The first-order chi connectivity index (χ1) is 6.91. The Morgan fingerprint density at radius 1 is 0.571 bits per heavy atom. The molecule has 0 aliphatic carbocycles. The quantitative estimate of drug-likeness (QED) is 0.541. The van der Waals surface area contributed by atoms with Crippen LogP contribution >= 0.6 is 31.9 Å². The third kappa shape index (κ3) is 11.6. The maximum Gasteiger partial charge on any atom is 0.0702 e. The van der Waals surface area contributed by atoms with Crippen molar-refractivity contribution in [3.8, 4) is 35.5 Å². The summed E-state index contributed by atoms with van der Waals surface area (Å²) in [6.45, 7) is 0. The average Bonchev–Trinajstić information content (AvgIpc) is 2.21. The fourth-order valence-electron chi connectivity index (χ4n) is 0.610. The van der Waals surface area contributed by atoms with Crippen LogP contribution in [0.3, 0.4) is 0 Å². The van der Waals surface area contributed by atoms with Crippen molar-refractivity contribution in [2.24, 2.45) is 0 Å². The topological polar surface area (TPSA) is 0 Å². The first kappa shape index (κ1) is 13.6.